The largest absolute Gasteiger partial charge is 0.471 e. The first-order valence-corrected chi connectivity index (χ1v) is 10.9. The van der Waals surface area contributed by atoms with E-state index in [0.717, 1.165) is 5.56 Å². The van der Waals surface area contributed by atoms with E-state index in [-0.39, 0.29) is 36.2 Å². The maximum Gasteiger partial charge on any atom is 0.471 e. The lowest BCUT2D eigenvalue weighted by Crippen LogP contribution is -2.53. The Labute approximate surface area is 200 Å². The van der Waals surface area contributed by atoms with Crippen LogP contribution < -0.4 is 10.6 Å². The van der Waals surface area contributed by atoms with E-state index in [1.54, 1.807) is 4.90 Å². The third-order valence-electron chi connectivity index (χ3n) is 5.45. The Bertz CT molecular complexity index is 1060. The number of aryl methyl sites for hydroxylation is 1. The van der Waals surface area contributed by atoms with E-state index in [9.17, 15) is 27.6 Å². The number of amidine groups is 1. The van der Waals surface area contributed by atoms with Crippen molar-refractivity contribution in [3.05, 3.63) is 71.3 Å². The number of carbonyl (C=O) groups excluding carboxylic acids is 3. The minimum absolute atomic E-state index is 0.00928. The van der Waals surface area contributed by atoms with Crippen LogP contribution in [0.4, 0.5) is 13.2 Å². The Balaban J connectivity index is 1.52. The predicted octanol–water partition coefficient (Wildman–Crippen LogP) is 2.28. The van der Waals surface area contributed by atoms with Gasteiger partial charge >= 0.3 is 12.1 Å². The average molecular weight is 490 g/mol. The topological polar surface area (TPSA) is 112 Å². The summed E-state index contributed by atoms with van der Waals surface area (Å²) in [6.07, 6.45) is -4.15. The smallest absolute Gasteiger partial charge is 0.377 e. The normalized spacial score (nSPS) is 15.9. The summed E-state index contributed by atoms with van der Waals surface area (Å²) in [5.41, 5.74) is 1.28. The zero-order valence-electron chi connectivity index (χ0n) is 18.7. The van der Waals surface area contributed by atoms with E-state index >= 15 is 0 Å². The van der Waals surface area contributed by atoms with Crippen LogP contribution in [0.15, 0.2) is 54.6 Å². The van der Waals surface area contributed by atoms with Gasteiger partial charge in [-0.25, -0.2) is 0 Å². The summed E-state index contributed by atoms with van der Waals surface area (Å²) in [4.78, 5) is 38.0. The van der Waals surface area contributed by atoms with Gasteiger partial charge < -0.3 is 20.3 Å². The molecule has 1 heterocycles. The molecule has 2 aromatic carbocycles. The standard InChI is InChI=1S/C24H25F3N4O4/c25-24(26,27)23(34)30-21(28)17-7-9-18(10-8-17)22(33)29-14-19-15-35-13-12-31(19)20(32)11-6-16-4-2-1-3-5-16/h1-5,7-10,19H,6,11-15H2,(H,29,33)(H2,28,30,34). The number of ether oxygens (including phenoxy) is 1. The summed E-state index contributed by atoms with van der Waals surface area (Å²) in [7, 11) is 0. The monoisotopic (exact) mass is 490 g/mol. The zero-order chi connectivity index (χ0) is 25.4. The van der Waals surface area contributed by atoms with Gasteiger partial charge in [-0.1, -0.05) is 42.5 Å². The highest BCUT2D eigenvalue weighted by Crippen LogP contribution is 2.15. The van der Waals surface area contributed by atoms with Crippen LogP contribution in [0, 0.1) is 5.41 Å². The van der Waals surface area contributed by atoms with Gasteiger partial charge in [-0.2, -0.15) is 13.2 Å². The predicted molar refractivity (Wildman–Crippen MR) is 121 cm³/mol. The summed E-state index contributed by atoms with van der Waals surface area (Å²) < 4.78 is 42.5. The van der Waals surface area contributed by atoms with Gasteiger partial charge in [0.05, 0.1) is 19.3 Å². The van der Waals surface area contributed by atoms with Crippen LogP contribution in [0.2, 0.25) is 0 Å². The maximum atomic E-state index is 12.8. The molecule has 3 amide bonds. The van der Waals surface area contributed by atoms with Crippen LogP contribution in [0.3, 0.4) is 0 Å². The molecule has 1 unspecified atom stereocenters. The molecule has 8 nitrogen and oxygen atoms in total. The molecule has 0 aliphatic carbocycles. The Kier molecular flexibility index (Phi) is 8.58. The van der Waals surface area contributed by atoms with Crippen molar-refractivity contribution < 1.29 is 32.3 Å². The number of alkyl halides is 3. The first-order chi connectivity index (χ1) is 16.6. The molecule has 2 aromatic rings. The van der Waals surface area contributed by atoms with Crippen LogP contribution in [0.1, 0.15) is 27.9 Å². The van der Waals surface area contributed by atoms with Gasteiger partial charge in [-0.3, -0.25) is 19.8 Å². The molecular weight excluding hydrogens is 465 g/mol. The van der Waals surface area contributed by atoms with Gasteiger partial charge in [0.25, 0.3) is 5.91 Å². The zero-order valence-corrected chi connectivity index (χ0v) is 18.7. The van der Waals surface area contributed by atoms with Crippen LogP contribution in [0.5, 0.6) is 0 Å². The molecule has 0 aromatic heterocycles. The molecule has 0 spiro atoms. The quantitative estimate of drug-likeness (QED) is 0.408. The third kappa shape index (κ3) is 7.38. The fourth-order valence-electron chi connectivity index (χ4n) is 3.55. The lowest BCUT2D eigenvalue weighted by atomic mass is 10.1. The summed E-state index contributed by atoms with van der Waals surface area (Å²) in [5.74, 6) is -3.46. The number of benzene rings is 2. The number of hydrogen-bond donors (Lipinski definition) is 3. The molecule has 0 saturated carbocycles. The Morgan fingerprint density at radius 3 is 2.34 bits per heavy atom. The van der Waals surface area contributed by atoms with Crippen molar-refractivity contribution in [2.45, 2.75) is 25.1 Å². The van der Waals surface area contributed by atoms with E-state index in [1.807, 2.05) is 30.3 Å². The van der Waals surface area contributed by atoms with Crippen molar-refractivity contribution in [3.63, 3.8) is 0 Å². The second-order valence-electron chi connectivity index (χ2n) is 7.92. The molecule has 1 aliphatic heterocycles. The molecule has 0 radical (unpaired) electrons. The molecule has 35 heavy (non-hydrogen) atoms. The molecule has 11 heteroatoms. The molecule has 1 atom stereocenters. The number of nitrogens with zero attached hydrogens (tertiary/aromatic N) is 1. The van der Waals surface area contributed by atoms with Gasteiger partial charge in [0.1, 0.15) is 5.84 Å². The number of morpholine rings is 1. The van der Waals surface area contributed by atoms with Gasteiger partial charge in [0.15, 0.2) is 0 Å². The number of nitrogens with one attached hydrogen (secondary N) is 3. The van der Waals surface area contributed by atoms with E-state index in [2.05, 4.69) is 5.32 Å². The SMILES string of the molecule is N=C(NC(=O)C(F)(F)F)c1ccc(C(=O)NCC2COCCN2C(=O)CCc2ccccc2)cc1. The fourth-order valence-corrected chi connectivity index (χ4v) is 3.55. The number of carbonyl (C=O) groups is 3. The Morgan fingerprint density at radius 1 is 1.03 bits per heavy atom. The van der Waals surface area contributed by atoms with Gasteiger partial charge in [0, 0.05) is 30.6 Å². The molecule has 0 bridgehead atoms. The molecule has 3 rings (SSSR count). The minimum Gasteiger partial charge on any atom is -0.377 e. The van der Waals surface area contributed by atoms with Gasteiger partial charge in [-0.05, 0) is 24.1 Å². The second kappa shape index (κ2) is 11.6. The third-order valence-corrected chi connectivity index (χ3v) is 5.45. The summed E-state index contributed by atoms with van der Waals surface area (Å²) >= 11 is 0. The Hall–Kier alpha value is -3.73. The van der Waals surface area contributed by atoms with Crippen LogP contribution in [-0.4, -0.2) is 67.0 Å². The van der Waals surface area contributed by atoms with E-state index in [1.165, 1.54) is 29.6 Å². The van der Waals surface area contributed by atoms with Crippen molar-refractivity contribution in [3.8, 4) is 0 Å². The van der Waals surface area contributed by atoms with Crippen LogP contribution in [0.25, 0.3) is 0 Å². The summed E-state index contributed by atoms with van der Waals surface area (Å²) in [6.45, 7) is 1.29. The van der Waals surface area contributed by atoms with Crippen molar-refractivity contribution in [1.82, 2.24) is 15.5 Å². The van der Waals surface area contributed by atoms with Gasteiger partial charge in [-0.15, -0.1) is 0 Å². The highest BCUT2D eigenvalue weighted by molar-refractivity contribution is 6.08. The lowest BCUT2D eigenvalue weighted by Gasteiger charge is -2.35. The van der Waals surface area contributed by atoms with Crippen molar-refractivity contribution in [1.29, 1.82) is 5.41 Å². The lowest BCUT2D eigenvalue weighted by molar-refractivity contribution is -0.171. The molecule has 186 valence electrons. The molecule has 1 fully saturated rings. The van der Waals surface area contributed by atoms with Crippen LogP contribution >= 0.6 is 0 Å². The average Bonchev–Trinajstić information content (AvgIpc) is 2.86. The highest BCUT2D eigenvalue weighted by atomic mass is 19.4. The number of hydrogen-bond acceptors (Lipinski definition) is 5. The molecule has 3 N–H and O–H groups in total. The number of rotatable bonds is 7. The molecular formula is C24H25F3N4O4. The summed E-state index contributed by atoms with van der Waals surface area (Å²) in [6, 6.07) is 14.5. The molecule has 1 aliphatic rings. The van der Waals surface area contributed by atoms with Crippen molar-refractivity contribution in [2.24, 2.45) is 0 Å². The van der Waals surface area contributed by atoms with E-state index in [0.29, 0.717) is 26.0 Å². The number of amides is 3. The van der Waals surface area contributed by atoms with Gasteiger partial charge in [0.2, 0.25) is 5.91 Å². The van der Waals surface area contributed by atoms with Crippen molar-refractivity contribution >= 4 is 23.6 Å². The number of halogens is 3. The van der Waals surface area contributed by atoms with Crippen LogP contribution in [-0.2, 0) is 20.7 Å². The first-order valence-electron chi connectivity index (χ1n) is 10.9. The second-order valence-corrected chi connectivity index (χ2v) is 7.92. The maximum absolute atomic E-state index is 12.8. The van der Waals surface area contributed by atoms with E-state index < -0.39 is 23.8 Å². The summed E-state index contributed by atoms with van der Waals surface area (Å²) in [5, 5.41) is 11.8. The fraction of sp³-hybridized carbons (Fsp3) is 0.333. The first kappa shape index (κ1) is 25.9. The highest BCUT2D eigenvalue weighted by Gasteiger charge is 2.39. The molecule has 1 saturated heterocycles. The van der Waals surface area contributed by atoms with E-state index in [4.69, 9.17) is 10.1 Å². The minimum atomic E-state index is -5.11. The Morgan fingerprint density at radius 2 is 1.69 bits per heavy atom. The van der Waals surface area contributed by atoms with Crippen molar-refractivity contribution in [2.75, 3.05) is 26.3 Å².